The summed E-state index contributed by atoms with van der Waals surface area (Å²) in [7, 11) is 0. The van der Waals surface area contributed by atoms with Crippen LogP contribution in [0, 0.1) is 0 Å². The van der Waals surface area contributed by atoms with Crippen LogP contribution in [0.15, 0.2) is 16.6 Å². The molecule has 1 aromatic rings. The van der Waals surface area contributed by atoms with Gasteiger partial charge in [0.15, 0.2) is 0 Å². The second-order valence-electron chi connectivity index (χ2n) is 5.34. The van der Waals surface area contributed by atoms with Crippen LogP contribution in [-0.2, 0) is 9.53 Å². The van der Waals surface area contributed by atoms with Crippen molar-refractivity contribution >= 4 is 33.2 Å². The van der Waals surface area contributed by atoms with Crippen LogP contribution >= 0.6 is 15.9 Å². The Bertz CT molecular complexity index is 549. The van der Waals surface area contributed by atoms with Crippen molar-refractivity contribution in [2.75, 3.05) is 29.9 Å². The number of carbonyl (C=O) groups excluding carboxylic acids is 1. The smallest absolute Gasteiger partial charge is 0.245 e. The van der Waals surface area contributed by atoms with E-state index in [4.69, 9.17) is 10.5 Å². The van der Waals surface area contributed by atoms with Gasteiger partial charge in [0.1, 0.15) is 6.04 Å². The van der Waals surface area contributed by atoms with Gasteiger partial charge in [-0.25, -0.2) is 0 Å². The molecule has 0 bridgehead atoms. The third kappa shape index (κ3) is 2.43. The SMILES string of the molecule is CC1CN(c2cc3c(cc2Br)C(N)C(=O)N3)CCCO1. The summed E-state index contributed by atoms with van der Waals surface area (Å²) < 4.78 is 6.64. The quantitative estimate of drug-likeness (QED) is 0.821. The van der Waals surface area contributed by atoms with E-state index in [9.17, 15) is 4.79 Å². The lowest BCUT2D eigenvalue weighted by Crippen LogP contribution is -2.30. The molecule has 2 unspecified atom stereocenters. The molecule has 2 aliphatic heterocycles. The van der Waals surface area contributed by atoms with Gasteiger partial charge in [0.25, 0.3) is 0 Å². The minimum atomic E-state index is -0.568. The number of carbonyl (C=O) groups is 1. The first kappa shape index (κ1) is 13.9. The van der Waals surface area contributed by atoms with E-state index in [1.807, 2.05) is 12.1 Å². The van der Waals surface area contributed by atoms with E-state index >= 15 is 0 Å². The van der Waals surface area contributed by atoms with Crippen molar-refractivity contribution in [2.24, 2.45) is 5.73 Å². The summed E-state index contributed by atoms with van der Waals surface area (Å²) in [6.07, 6.45) is 1.20. The highest BCUT2D eigenvalue weighted by Crippen LogP contribution is 2.38. The molecule has 6 heteroatoms. The van der Waals surface area contributed by atoms with Gasteiger partial charge < -0.3 is 20.7 Å². The molecule has 0 radical (unpaired) electrons. The Hall–Kier alpha value is -1.11. The lowest BCUT2D eigenvalue weighted by atomic mass is 10.1. The van der Waals surface area contributed by atoms with Gasteiger partial charge >= 0.3 is 0 Å². The van der Waals surface area contributed by atoms with Gasteiger partial charge in [-0.05, 0) is 41.4 Å². The predicted molar refractivity (Wildman–Crippen MR) is 81.9 cm³/mol. The van der Waals surface area contributed by atoms with Gasteiger partial charge in [0.2, 0.25) is 5.91 Å². The van der Waals surface area contributed by atoms with Gasteiger partial charge in [0, 0.05) is 35.4 Å². The first-order chi connectivity index (χ1) is 9.56. The van der Waals surface area contributed by atoms with Gasteiger partial charge in [0.05, 0.1) is 11.8 Å². The number of hydrogen-bond acceptors (Lipinski definition) is 4. The van der Waals surface area contributed by atoms with E-state index in [1.54, 1.807) is 0 Å². The van der Waals surface area contributed by atoms with Crippen molar-refractivity contribution in [1.29, 1.82) is 0 Å². The van der Waals surface area contributed by atoms with Crippen LogP contribution in [0.1, 0.15) is 24.9 Å². The van der Waals surface area contributed by atoms with E-state index in [-0.39, 0.29) is 12.0 Å². The molecule has 0 spiro atoms. The van der Waals surface area contributed by atoms with Crippen LogP contribution < -0.4 is 16.0 Å². The predicted octanol–water partition coefficient (Wildman–Crippen LogP) is 2.02. The van der Waals surface area contributed by atoms with Crippen LogP contribution in [0.3, 0.4) is 0 Å². The highest BCUT2D eigenvalue weighted by Gasteiger charge is 2.29. The molecule has 0 aromatic heterocycles. The summed E-state index contributed by atoms with van der Waals surface area (Å²) in [5, 5.41) is 2.84. The molecule has 20 heavy (non-hydrogen) atoms. The first-order valence-electron chi connectivity index (χ1n) is 6.82. The number of hydrogen-bond donors (Lipinski definition) is 2. The third-order valence-electron chi connectivity index (χ3n) is 3.79. The summed E-state index contributed by atoms with van der Waals surface area (Å²) >= 11 is 3.60. The van der Waals surface area contributed by atoms with Crippen molar-refractivity contribution in [2.45, 2.75) is 25.5 Å². The highest BCUT2D eigenvalue weighted by atomic mass is 79.9. The number of nitrogens with zero attached hydrogens (tertiary/aromatic N) is 1. The Balaban J connectivity index is 1.95. The van der Waals surface area contributed by atoms with Gasteiger partial charge in [-0.1, -0.05) is 0 Å². The van der Waals surface area contributed by atoms with Crippen LogP contribution in [-0.4, -0.2) is 31.7 Å². The number of fused-ring (bicyclic) bond motifs is 1. The largest absolute Gasteiger partial charge is 0.377 e. The van der Waals surface area contributed by atoms with Gasteiger partial charge in [-0.3, -0.25) is 4.79 Å². The molecule has 0 saturated carbocycles. The number of rotatable bonds is 1. The Morgan fingerprint density at radius 2 is 2.30 bits per heavy atom. The Kier molecular flexibility index (Phi) is 3.70. The molecule has 0 aliphatic carbocycles. The summed E-state index contributed by atoms with van der Waals surface area (Å²) in [6.45, 7) is 4.66. The number of nitrogens with one attached hydrogen (secondary N) is 1. The zero-order valence-electron chi connectivity index (χ0n) is 11.4. The molecule has 2 aliphatic rings. The first-order valence-corrected chi connectivity index (χ1v) is 7.62. The molecule has 1 fully saturated rings. The van der Waals surface area contributed by atoms with Crippen LogP contribution in [0.4, 0.5) is 11.4 Å². The fraction of sp³-hybridized carbons (Fsp3) is 0.500. The maximum Gasteiger partial charge on any atom is 0.245 e. The molecule has 2 atom stereocenters. The van der Waals surface area contributed by atoms with Crippen molar-refractivity contribution in [3.05, 3.63) is 22.2 Å². The van der Waals surface area contributed by atoms with Crippen molar-refractivity contribution in [3.63, 3.8) is 0 Å². The third-order valence-corrected chi connectivity index (χ3v) is 4.42. The molecular formula is C14H18BrN3O2. The van der Waals surface area contributed by atoms with E-state index < -0.39 is 6.04 Å². The fourth-order valence-electron chi connectivity index (χ4n) is 2.75. The number of amides is 1. The minimum absolute atomic E-state index is 0.142. The summed E-state index contributed by atoms with van der Waals surface area (Å²) in [5.74, 6) is -0.142. The van der Waals surface area contributed by atoms with Crippen molar-refractivity contribution in [1.82, 2.24) is 0 Å². The molecule has 3 rings (SSSR count). The van der Waals surface area contributed by atoms with Crippen molar-refractivity contribution in [3.8, 4) is 0 Å². The summed E-state index contributed by atoms with van der Waals surface area (Å²) in [4.78, 5) is 13.9. The molecule has 1 saturated heterocycles. The zero-order valence-corrected chi connectivity index (χ0v) is 12.9. The number of anilines is 2. The number of nitrogens with two attached hydrogens (primary N) is 1. The maximum absolute atomic E-state index is 11.7. The molecular weight excluding hydrogens is 322 g/mol. The van der Waals surface area contributed by atoms with E-state index in [0.717, 1.165) is 47.5 Å². The fourth-order valence-corrected chi connectivity index (χ4v) is 3.36. The lowest BCUT2D eigenvalue weighted by molar-refractivity contribution is -0.116. The molecule has 108 valence electrons. The Labute approximate surface area is 126 Å². The average Bonchev–Trinajstić information content (AvgIpc) is 2.59. The average molecular weight is 340 g/mol. The highest BCUT2D eigenvalue weighted by molar-refractivity contribution is 9.10. The van der Waals surface area contributed by atoms with E-state index in [0.29, 0.717) is 0 Å². The van der Waals surface area contributed by atoms with E-state index in [1.165, 1.54) is 0 Å². The maximum atomic E-state index is 11.7. The van der Waals surface area contributed by atoms with Crippen LogP contribution in [0.25, 0.3) is 0 Å². The number of halogens is 1. The number of ether oxygens (including phenoxy) is 1. The number of benzene rings is 1. The molecule has 1 aromatic carbocycles. The van der Waals surface area contributed by atoms with Crippen LogP contribution in [0.5, 0.6) is 0 Å². The molecule has 2 heterocycles. The molecule has 1 amide bonds. The topological polar surface area (TPSA) is 67.6 Å². The summed E-state index contributed by atoms with van der Waals surface area (Å²) in [6, 6.07) is 3.38. The second-order valence-corrected chi connectivity index (χ2v) is 6.19. The van der Waals surface area contributed by atoms with Gasteiger partial charge in [-0.2, -0.15) is 0 Å². The van der Waals surface area contributed by atoms with Gasteiger partial charge in [-0.15, -0.1) is 0 Å². The van der Waals surface area contributed by atoms with E-state index in [2.05, 4.69) is 33.1 Å². The molecule has 5 nitrogen and oxygen atoms in total. The monoisotopic (exact) mass is 339 g/mol. The minimum Gasteiger partial charge on any atom is -0.377 e. The van der Waals surface area contributed by atoms with Crippen molar-refractivity contribution < 1.29 is 9.53 Å². The summed E-state index contributed by atoms with van der Waals surface area (Å²) in [5.41, 5.74) is 8.62. The standard InChI is InChI=1S/C14H18BrN3O2/c1-8-7-18(3-2-4-20-8)12-6-11-9(5-10(12)15)13(16)14(19)17-11/h5-6,8,13H,2-4,7,16H2,1H3,(H,17,19). The molecule has 3 N–H and O–H groups in total. The Morgan fingerprint density at radius 1 is 1.50 bits per heavy atom. The second kappa shape index (κ2) is 5.35. The lowest BCUT2D eigenvalue weighted by Gasteiger charge is -2.26. The zero-order chi connectivity index (χ0) is 14.3. The van der Waals surface area contributed by atoms with Crippen LogP contribution in [0.2, 0.25) is 0 Å². The normalized spacial score (nSPS) is 26.1. The Morgan fingerprint density at radius 3 is 3.10 bits per heavy atom.